The molecule has 2 N–H and O–H groups in total. The molecule has 1 fully saturated rings. The normalized spacial score (nSPS) is 21.4. The van der Waals surface area contributed by atoms with Crippen molar-refractivity contribution in [3.05, 3.63) is 0 Å². The molecule has 0 saturated carbocycles. The molecule has 4 nitrogen and oxygen atoms in total. The Hall–Kier alpha value is -0.160. The van der Waals surface area contributed by atoms with E-state index < -0.39 is 0 Å². The van der Waals surface area contributed by atoms with Crippen molar-refractivity contribution in [1.29, 1.82) is 0 Å². The second kappa shape index (κ2) is 8.86. The molecule has 0 aliphatic carbocycles. The quantitative estimate of drug-likeness (QED) is 0.664. The van der Waals surface area contributed by atoms with Gasteiger partial charge in [-0.1, -0.05) is 20.3 Å². The van der Waals surface area contributed by atoms with Crippen LogP contribution in [0.15, 0.2) is 0 Å². The van der Waals surface area contributed by atoms with Gasteiger partial charge < -0.3 is 15.2 Å². The molecule has 0 radical (unpaired) electrons. The van der Waals surface area contributed by atoms with Crippen molar-refractivity contribution in [3.63, 3.8) is 0 Å². The van der Waals surface area contributed by atoms with Crippen LogP contribution >= 0.6 is 0 Å². The molecular weight excluding hydrogens is 216 g/mol. The van der Waals surface area contributed by atoms with E-state index in [0.29, 0.717) is 12.6 Å². The summed E-state index contributed by atoms with van der Waals surface area (Å²) in [6.07, 6.45) is 3.27. The van der Waals surface area contributed by atoms with E-state index in [2.05, 4.69) is 24.1 Å². The molecule has 0 aromatic carbocycles. The van der Waals surface area contributed by atoms with Crippen molar-refractivity contribution >= 4 is 0 Å². The number of β-amino-alcohol motifs (C(OH)–C–C–N with tert-alkyl or cyclic N) is 1. The zero-order chi connectivity index (χ0) is 12.5. The summed E-state index contributed by atoms with van der Waals surface area (Å²) < 4.78 is 5.29. The van der Waals surface area contributed by atoms with E-state index in [1.807, 2.05) is 0 Å². The van der Waals surface area contributed by atoms with Gasteiger partial charge in [0.2, 0.25) is 0 Å². The van der Waals surface area contributed by atoms with E-state index in [9.17, 15) is 5.11 Å². The van der Waals surface area contributed by atoms with Gasteiger partial charge in [-0.15, -0.1) is 0 Å². The first-order valence-corrected chi connectivity index (χ1v) is 6.97. The van der Waals surface area contributed by atoms with Crippen molar-refractivity contribution in [2.75, 3.05) is 39.4 Å². The van der Waals surface area contributed by atoms with Gasteiger partial charge in [-0.2, -0.15) is 0 Å². The fraction of sp³-hybridized carbons (Fsp3) is 1.00. The molecule has 2 unspecified atom stereocenters. The molecule has 1 heterocycles. The molecular formula is C13H28N2O2. The van der Waals surface area contributed by atoms with E-state index in [1.54, 1.807) is 0 Å². The molecule has 17 heavy (non-hydrogen) atoms. The number of morpholine rings is 1. The summed E-state index contributed by atoms with van der Waals surface area (Å²) in [7, 11) is 0. The minimum absolute atomic E-state index is 0.265. The van der Waals surface area contributed by atoms with Crippen LogP contribution in [0.1, 0.15) is 33.1 Å². The summed E-state index contributed by atoms with van der Waals surface area (Å²) >= 11 is 0. The second-order valence-corrected chi connectivity index (χ2v) is 4.87. The molecule has 1 rings (SSSR count). The van der Waals surface area contributed by atoms with Crippen molar-refractivity contribution in [3.8, 4) is 0 Å². The van der Waals surface area contributed by atoms with Gasteiger partial charge in [0.05, 0.1) is 19.3 Å². The first-order chi connectivity index (χ1) is 8.26. The van der Waals surface area contributed by atoms with Crippen molar-refractivity contribution in [2.45, 2.75) is 45.3 Å². The summed E-state index contributed by atoms with van der Waals surface area (Å²) in [4.78, 5) is 2.27. The Morgan fingerprint density at radius 3 is 2.59 bits per heavy atom. The van der Waals surface area contributed by atoms with Crippen molar-refractivity contribution < 1.29 is 9.84 Å². The Kier molecular flexibility index (Phi) is 7.77. The van der Waals surface area contributed by atoms with Crippen LogP contribution in [0.25, 0.3) is 0 Å². The highest BCUT2D eigenvalue weighted by Gasteiger charge is 2.15. The third-order valence-corrected chi connectivity index (χ3v) is 3.34. The first kappa shape index (κ1) is 14.9. The van der Waals surface area contributed by atoms with Crippen LogP contribution in [-0.4, -0.2) is 61.5 Å². The highest BCUT2D eigenvalue weighted by molar-refractivity contribution is 4.72. The average molecular weight is 244 g/mol. The summed E-state index contributed by atoms with van der Waals surface area (Å²) in [5, 5.41) is 13.4. The minimum atomic E-state index is -0.265. The summed E-state index contributed by atoms with van der Waals surface area (Å²) in [5.41, 5.74) is 0. The molecule has 1 aliphatic heterocycles. The number of hydrogen-bond acceptors (Lipinski definition) is 4. The molecule has 0 spiro atoms. The van der Waals surface area contributed by atoms with Crippen LogP contribution < -0.4 is 5.32 Å². The van der Waals surface area contributed by atoms with Gasteiger partial charge in [-0.3, -0.25) is 4.90 Å². The smallest absolute Gasteiger partial charge is 0.0791 e. The van der Waals surface area contributed by atoms with Crippen LogP contribution in [-0.2, 0) is 4.74 Å². The number of aliphatic hydroxyl groups is 1. The Balaban J connectivity index is 2.12. The zero-order valence-corrected chi connectivity index (χ0v) is 11.3. The number of nitrogens with one attached hydrogen (secondary N) is 1. The van der Waals surface area contributed by atoms with Gasteiger partial charge in [-0.25, -0.2) is 0 Å². The standard InChI is InChI=1S/C13H28N2O2/c1-3-5-12(4-2)14-10-13(16)11-15-6-8-17-9-7-15/h12-14,16H,3-11H2,1-2H3. The summed E-state index contributed by atoms with van der Waals surface area (Å²) in [5.74, 6) is 0. The lowest BCUT2D eigenvalue weighted by Gasteiger charge is -2.29. The maximum absolute atomic E-state index is 9.97. The Bertz CT molecular complexity index is 184. The Morgan fingerprint density at radius 2 is 2.00 bits per heavy atom. The molecule has 0 aromatic rings. The highest BCUT2D eigenvalue weighted by atomic mass is 16.5. The Labute approximate surface area is 105 Å². The van der Waals surface area contributed by atoms with E-state index in [1.165, 1.54) is 12.8 Å². The monoisotopic (exact) mass is 244 g/mol. The lowest BCUT2D eigenvalue weighted by Crippen LogP contribution is -2.45. The number of nitrogens with zero attached hydrogens (tertiary/aromatic N) is 1. The highest BCUT2D eigenvalue weighted by Crippen LogP contribution is 2.02. The summed E-state index contributed by atoms with van der Waals surface area (Å²) in [6, 6.07) is 0.555. The van der Waals surface area contributed by atoms with Crippen molar-refractivity contribution in [2.24, 2.45) is 0 Å². The topological polar surface area (TPSA) is 44.7 Å². The van der Waals surface area contributed by atoms with E-state index in [-0.39, 0.29) is 6.10 Å². The predicted molar refractivity (Wildman–Crippen MR) is 70.3 cm³/mol. The van der Waals surface area contributed by atoms with Gasteiger partial charge in [0.25, 0.3) is 0 Å². The van der Waals surface area contributed by atoms with Gasteiger partial charge in [0, 0.05) is 32.2 Å². The minimum Gasteiger partial charge on any atom is -0.390 e. The number of ether oxygens (including phenoxy) is 1. The number of aliphatic hydroxyl groups excluding tert-OH is 1. The van der Waals surface area contributed by atoms with Crippen LogP contribution in [0.4, 0.5) is 0 Å². The molecule has 1 saturated heterocycles. The average Bonchev–Trinajstić information content (AvgIpc) is 2.35. The fourth-order valence-electron chi connectivity index (χ4n) is 2.25. The zero-order valence-electron chi connectivity index (χ0n) is 11.3. The summed E-state index contributed by atoms with van der Waals surface area (Å²) in [6.45, 7) is 9.36. The number of rotatable bonds is 8. The van der Waals surface area contributed by atoms with Gasteiger partial charge in [0.1, 0.15) is 0 Å². The SMILES string of the molecule is CCCC(CC)NCC(O)CN1CCOCC1. The largest absolute Gasteiger partial charge is 0.390 e. The first-order valence-electron chi connectivity index (χ1n) is 6.97. The van der Waals surface area contributed by atoms with Crippen molar-refractivity contribution in [1.82, 2.24) is 10.2 Å². The molecule has 0 bridgehead atoms. The Morgan fingerprint density at radius 1 is 1.29 bits per heavy atom. The molecule has 2 atom stereocenters. The lowest BCUT2D eigenvalue weighted by atomic mass is 10.1. The maximum atomic E-state index is 9.97. The predicted octanol–water partition coefficient (Wildman–Crippen LogP) is 0.848. The molecule has 4 heteroatoms. The third kappa shape index (κ3) is 6.36. The third-order valence-electron chi connectivity index (χ3n) is 3.34. The molecule has 0 amide bonds. The van der Waals surface area contributed by atoms with E-state index in [4.69, 9.17) is 4.74 Å². The van der Waals surface area contributed by atoms with Crippen LogP contribution in [0.3, 0.4) is 0 Å². The molecule has 0 aromatic heterocycles. The second-order valence-electron chi connectivity index (χ2n) is 4.87. The van der Waals surface area contributed by atoms with Crippen LogP contribution in [0.5, 0.6) is 0 Å². The van der Waals surface area contributed by atoms with E-state index in [0.717, 1.165) is 39.3 Å². The lowest BCUT2D eigenvalue weighted by molar-refractivity contribution is 0.0144. The number of hydrogen-bond donors (Lipinski definition) is 2. The fourth-order valence-corrected chi connectivity index (χ4v) is 2.25. The maximum Gasteiger partial charge on any atom is 0.0791 e. The van der Waals surface area contributed by atoms with Crippen LogP contribution in [0.2, 0.25) is 0 Å². The van der Waals surface area contributed by atoms with Gasteiger partial charge in [0.15, 0.2) is 0 Å². The van der Waals surface area contributed by atoms with Gasteiger partial charge in [-0.05, 0) is 12.8 Å². The van der Waals surface area contributed by atoms with Crippen LogP contribution in [0, 0.1) is 0 Å². The molecule has 102 valence electrons. The van der Waals surface area contributed by atoms with E-state index >= 15 is 0 Å². The van der Waals surface area contributed by atoms with Gasteiger partial charge >= 0.3 is 0 Å². The molecule has 1 aliphatic rings.